The molecule has 0 saturated carbocycles. The monoisotopic (exact) mass is 396 g/mol. The van der Waals surface area contributed by atoms with Crippen LogP contribution in [0.15, 0.2) is 35.3 Å². The summed E-state index contributed by atoms with van der Waals surface area (Å²) < 4.78 is 5.86. The molecule has 0 radical (unpaired) electrons. The fraction of sp³-hybridized carbons (Fsp3) is 0.500. The Morgan fingerprint density at radius 3 is 2.48 bits per heavy atom. The Bertz CT molecular complexity index is 779. The minimum absolute atomic E-state index is 0.299. The zero-order chi connectivity index (χ0) is 20.5. The van der Waals surface area contributed by atoms with Gasteiger partial charge >= 0.3 is 0 Å². The molecule has 3 rings (SSSR count). The Morgan fingerprint density at radius 2 is 1.79 bits per heavy atom. The molecule has 0 unspecified atom stereocenters. The number of piperidine rings is 1. The van der Waals surface area contributed by atoms with E-state index in [-0.39, 0.29) is 0 Å². The lowest BCUT2D eigenvalue weighted by Crippen LogP contribution is -2.31. The summed E-state index contributed by atoms with van der Waals surface area (Å²) in [6, 6.07) is 9.93. The third-order valence-electron chi connectivity index (χ3n) is 4.91. The Labute approximate surface area is 173 Å². The predicted octanol–water partition coefficient (Wildman–Crippen LogP) is 3.28. The predicted molar refractivity (Wildman–Crippen MR) is 117 cm³/mol. The molecule has 29 heavy (non-hydrogen) atoms. The summed E-state index contributed by atoms with van der Waals surface area (Å²) in [6.07, 6.45) is 5.12. The van der Waals surface area contributed by atoms with E-state index >= 15 is 0 Å². The van der Waals surface area contributed by atoms with Crippen LogP contribution < -0.4 is 15.8 Å². The second kappa shape index (κ2) is 10.8. The number of ether oxygens (including phenoxy) is 1. The Kier molecular flexibility index (Phi) is 7.81. The number of nitrogens with two attached hydrogens (primary N) is 1. The molecule has 156 valence electrons. The van der Waals surface area contributed by atoms with Crippen molar-refractivity contribution in [3.63, 3.8) is 0 Å². The van der Waals surface area contributed by atoms with E-state index in [9.17, 15) is 0 Å². The van der Waals surface area contributed by atoms with E-state index in [0.717, 1.165) is 42.3 Å². The van der Waals surface area contributed by atoms with Crippen molar-refractivity contribution in [2.24, 2.45) is 10.7 Å². The summed E-state index contributed by atoms with van der Waals surface area (Å²) in [5.41, 5.74) is 8.80. The van der Waals surface area contributed by atoms with Gasteiger partial charge in [-0.15, -0.1) is 0 Å². The van der Waals surface area contributed by atoms with E-state index in [2.05, 4.69) is 25.2 Å². The molecule has 0 bridgehead atoms. The van der Waals surface area contributed by atoms with E-state index in [4.69, 9.17) is 10.5 Å². The summed E-state index contributed by atoms with van der Waals surface area (Å²) in [6.45, 7) is 8.68. The average Bonchev–Trinajstić information content (AvgIpc) is 2.70. The third kappa shape index (κ3) is 7.34. The summed E-state index contributed by atoms with van der Waals surface area (Å²) in [5.74, 6) is 1.66. The van der Waals surface area contributed by atoms with Gasteiger partial charge in [-0.1, -0.05) is 18.6 Å². The number of guanidine groups is 1. The Hall–Kier alpha value is -2.67. The van der Waals surface area contributed by atoms with Crippen molar-refractivity contribution in [2.45, 2.75) is 46.1 Å². The van der Waals surface area contributed by atoms with Crippen LogP contribution in [0.1, 0.15) is 42.6 Å². The summed E-state index contributed by atoms with van der Waals surface area (Å²) in [4.78, 5) is 15.5. The molecule has 7 heteroatoms. The maximum Gasteiger partial charge on any atom is 0.229 e. The normalized spacial score (nSPS) is 15.3. The molecule has 1 aliphatic rings. The van der Waals surface area contributed by atoms with Crippen molar-refractivity contribution in [2.75, 3.05) is 31.6 Å². The molecule has 2 heterocycles. The van der Waals surface area contributed by atoms with Gasteiger partial charge in [0.1, 0.15) is 5.75 Å². The van der Waals surface area contributed by atoms with Crippen molar-refractivity contribution < 1.29 is 4.74 Å². The summed E-state index contributed by atoms with van der Waals surface area (Å²) in [5, 5.41) is 2.94. The molecule has 3 N–H and O–H groups in total. The molecule has 1 saturated heterocycles. The van der Waals surface area contributed by atoms with Crippen molar-refractivity contribution in [3.05, 3.63) is 47.3 Å². The van der Waals surface area contributed by atoms with Crippen LogP contribution in [0.5, 0.6) is 5.75 Å². The SMILES string of the molecule is Cc1cc(C)nc(NC(N)=NCc2ccc(OCCCN3CCCCC3)cc2)n1. The summed E-state index contributed by atoms with van der Waals surface area (Å²) >= 11 is 0. The molecular formula is C22H32N6O. The highest BCUT2D eigenvalue weighted by Gasteiger charge is 2.09. The number of nitrogens with one attached hydrogen (secondary N) is 1. The Balaban J connectivity index is 1.40. The molecule has 7 nitrogen and oxygen atoms in total. The molecule has 1 aliphatic heterocycles. The van der Waals surface area contributed by atoms with Crippen molar-refractivity contribution in [1.82, 2.24) is 14.9 Å². The van der Waals surface area contributed by atoms with Gasteiger partial charge in [-0.3, -0.25) is 5.32 Å². The first-order valence-corrected chi connectivity index (χ1v) is 10.4. The second-order valence-corrected chi connectivity index (χ2v) is 7.55. The van der Waals surface area contributed by atoms with Crippen LogP contribution in [0.3, 0.4) is 0 Å². The third-order valence-corrected chi connectivity index (χ3v) is 4.91. The quantitative estimate of drug-likeness (QED) is 0.404. The number of aryl methyl sites for hydroxylation is 2. The van der Waals surface area contributed by atoms with Crippen LogP contribution in [0, 0.1) is 13.8 Å². The van der Waals surface area contributed by atoms with Gasteiger partial charge in [-0.05, 0) is 70.0 Å². The van der Waals surface area contributed by atoms with Crippen LogP contribution in [-0.2, 0) is 6.54 Å². The molecule has 0 spiro atoms. The first kappa shape index (κ1) is 21.0. The molecule has 1 aromatic heterocycles. The smallest absolute Gasteiger partial charge is 0.229 e. The van der Waals surface area contributed by atoms with E-state index in [0.29, 0.717) is 18.5 Å². The van der Waals surface area contributed by atoms with E-state index in [1.807, 2.05) is 44.2 Å². The van der Waals surface area contributed by atoms with Crippen molar-refractivity contribution in [1.29, 1.82) is 0 Å². The second-order valence-electron chi connectivity index (χ2n) is 7.55. The Morgan fingerprint density at radius 1 is 1.10 bits per heavy atom. The molecule has 0 amide bonds. The lowest BCUT2D eigenvalue weighted by molar-refractivity contribution is 0.205. The van der Waals surface area contributed by atoms with E-state index in [1.54, 1.807) is 0 Å². The largest absolute Gasteiger partial charge is 0.494 e. The maximum absolute atomic E-state index is 5.96. The number of hydrogen-bond donors (Lipinski definition) is 2. The number of benzene rings is 1. The molecule has 0 atom stereocenters. The lowest BCUT2D eigenvalue weighted by Gasteiger charge is -2.26. The first-order chi connectivity index (χ1) is 14.1. The van der Waals surface area contributed by atoms with Crippen LogP contribution in [0.4, 0.5) is 5.95 Å². The van der Waals surface area contributed by atoms with Gasteiger partial charge in [-0.25, -0.2) is 15.0 Å². The molecule has 1 fully saturated rings. The molecule has 0 aliphatic carbocycles. The molecule has 2 aromatic rings. The number of likely N-dealkylation sites (tertiary alicyclic amines) is 1. The van der Waals surface area contributed by atoms with Gasteiger partial charge in [0.05, 0.1) is 13.2 Å². The highest BCUT2D eigenvalue weighted by molar-refractivity contribution is 5.90. The highest BCUT2D eigenvalue weighted by atomic mass is 16.5. The fourth-order valence-corrected chi connectivity index (χ4v) is 3.46. The van der Waals surface area contributed by atoms with Crippen molar-refractivity contribution >= 4 is 11.9 Å². The summed E-state index contributed by atoms with van der Waals surface area (Å²) in [7, 11) is 0. The zero-order valence-electron chi connectivity index (χ0n) is 17.5. The average molecular weight is 397 g/mol. The number of rotatable bonds is 8. The van der Waals surface area contributed by atoms with Crippen molar-refractivity contribution in [3.8, 4) is 5.75 Å². The fourth-order valence-electron chi connectivity index (χ4n) is 3.46. The topological polar surface area (TPSA) is 88.7 Å². The van der Waals surface area contributed by atoms with E-state index < -0.39 is 0 Å². The molecular weight excluding hydrogens is 364 g/mol. The number of aliphatic imine (C=N–C) groups is 1. The van der Waals surface area contributed by atoms with Gasteiger partial charge in [0.25, 0.3) is 0 Å². The van der Waals surface area contributed by atoms with Crippen LogP contribution >= 0.6 is 0 Å². The van der Waals surface area contributed by atoms with Gasteiger partial charge in [0, 0.05) is 17.9 Å². The lowest BCUT2D eigenvalue weighted by atomic mass is 10.1. The molecule has 1 aromatic carbocycles. The number of nitrogens with zero attached hydrogens (tertiary/aromatic N) is 4. The number of anilines is 1. The highest BCUT2D eigenvalue weighted by Crippen LogP contribution is 2.14. The van der Waals surface area contributed by atoms with Crippen LogP contribution in [0.2, 0.25) is 0 Å². The van der Waals surface area contributed by atoms with Gasteiger partial charge in [0.15, 0.2) is 5.96 Å². The minimum Gasteiger partial charge on any atom is -0.494 e. The number of hydrogen-bond acceptors (Lipinski definition) is 5. The zero-order valence-corrected chi connectivity index (χ0v) is 17.5. The van der Waals surface area contributed by atoms with E-state index in [1.165, 1.54) is 32.4 Å². The number of aromatic nitrogens is 2. The van der Waals surface area contributed by atoms with Crippen LogP contribution in [-0.4, -0.2) is 47.1 Å². The van der Waals surface area contributed by atoms with Gasteiger partial charge in [0.2, 0.25) is 5.95 Å². The standard InChI is InChI=1S/C22H32N6O/c1-17-15-18(2)26-22(25-17)27-21(23)24-16-19-7-9-20(10-8-19)29-14-6-13-28-11-4-3-5-12-28/h7-10,15H,3-6,11-14,16H2,1-2H3,(H3,23,24,25,26,27). The first-order valence-electron chi connectivity index (χ1n) is 10.4. The van der Waals surface area contributed by atoms with Gasteiger partial charge in [-0.2, -0.15) is 0 Å². The maximum atomic E-state index is 5.96. The van der Waals surface area contributed by atoms with Crippen LogP contribution in [0.25, 0.3) is 0 Å². The van der Waals surface area contributed by atoms with Gasteiger partial charge < -0.3 is 15.4 Å². The minimum atomic E-state index is 0.299.